The summed E-state index contributed by atoms with van der Waals surface area (Å²) >= 11 is 0. The van der Waals surface area contributed by atoms with Crippen molar-refractivity contribution >= 4 is 10.2 Å². The molecular weight excluding hydrogens is 250 g/mol. The van der Waals surface area contributed by atoms with E-state index >= 15 is 0 Å². The first-order chi connectivity index (χ1) is 8.56. The minimum atomic E-state index is -3.34. The molecule has 0 aromatic carbocycles. The summed E-state index contributed by atoms with van der Waals surface area (Å²) in [6.45, 7) is 2.99. The Labute approximate surface area is 109 Å². The molecule has 102 valence electrons. The molecule has 0 saturated heterocycles. The summed E-state index contributed by atoms with van der Waals surface area (Å²) in [6, 6.07) is 3.78. The van der Waals surface area contributed by atoms with Gasteiger partial charge in [0.05, 0.1) is 0 Å². The summed E-state index contributed by atoms with van der Waals surface area (Å²) in [5, 5.41) is 0. The highest BCUT2D eigenvalue weighted by molar-refractivity contribution is 7.87. The van der Waals surface area contributed by atoms with Crippen molar-refractivity contribution < 1.29 is 8.42 Å². The van der Waals surface area contributed by atoms with Gasteiger partial charge in [-0.15, -0.1) is 0 Å². The molecule has 0 aliphatic rings. The molecule has 0 radical (unpaired) electrons. The fraction of sp³-hybridized carbons (Fsp3) is 0.583. The van der Waals surface area contributed by atoms with E-state index in [4.69, 9.17) is 0 Å². The minimum absolute atomic E-state index is 0.393. The van der Waals surface area contributed by atoms with Crippen molar-refractivity contribution in [3.8, 4) is 0 Å². The molecule has 0 bridgehead atoms. The van der Waals surface area contributed by atoms with E-state index in [1.807, 2.05) is 19.1 Å². The molecule has 1 rings (SSSR count). The average molecular weight is 271 g/mol. The molecule has 1 heterocycles. The van der Waals surface area contributed by atoms with Crippen molar-refractivity contribution in [2.45, 2.75) is 26.2 Å². The largest absolute Gasteiger partial charge is 0.279 e. The van der Waals surface area contributed by atoms with Gasteiger partial charge in [-0.2, -0.15) is 12.7 Å². The molecule has 0 amide bonds. The monoisotopic (exact) mass is 271 g/mol. The van der Waals surface area contributed by atoms with Gasteiger partial charge in [-0.1, -0.05) is 19.4 Å². The number of hydrogen-bond donors (Lipinski definition) is 1. The van der Waals surface area contributed by atoms with E-state index < -0.39 is 10.2 Å². The zero-order valence-electron chi connectivity index (χ0n) is 11.0. The molecule has 6 heteroatoms. The summed E-state index contributed by atoms with van der Waals surface area (Å²) in [7, 11) is -1.74. The SMILES string of the molecule is CCCCN(C)S(=O)(=O)NCCc1cccnc1. The van der Waals surface area contributed by atoms with E-state index in [0.29, 0.717) is 19.5 Å². The molecule has 1 N–H and O–H groups in total. The van der Waals surface area contributed by atoms with E-state index in [0.717, 1.165) is 18.4 Å². The minimum Gasteiger partial charge on any atom is -0.264 e. The third-order valence-electron chi connectivity index (χ3n) is 2.66. The molecule has 0 spiro atoms. The molecule has 5 nitrogen and oxygen atoms in total. The average Bonchev–Trinajstić information content (AvgIpc) is 2.37. The van der Waals surface area contributed by atoms with Crippen molar-refractivity contribution in [2.24, 2.45) is 0 Å². The Bertz CT molecular complexity index is 434. The quantitative estimate of drug-likeness (QED) is 0.772. The molecular formula is C12H21N3O2S. The predicted molar refractivity (Wildman–Crippen MR) is 72.4 cm³/mol. The van der Waals surface area contributed by atoms with Crippen molar-refractivity contribution in [2.75, 3.05) is 20.1 Å². The van der Waals surface area contributed by atoms with Crippen LogP contribution in [-0.4, -0.2) is 37.8 Å². The number of unbranched alkanes of at least 4 members (excludes halogenated alkanes) is 1. The van der Waals surface area contributed by atoms with Crippen molar-refractivity contribution in [3.63, 3.8) is 0 Å². The van der Waals surface area contributed by atoms with Crippen LogP contribution in [-0.2, 0) is 16.6 Å². The highest BCUT2D eigenvalue weighted by Gasteiger charge is 2.15. The van der Waals surface area contributed by atoms with Gasteiger partial charge in [-0.25, -0.2) is 4.72 Å². The van der Waals surface area contributed by atoms with Crippen LogP contribution in [0.3, 0.4) is 0 Å². The number of aromatic nitrogens is 1. The van der Waals surface area contributed by atoms with E-state index in [-0.39, 0.29) is 0 Å². The van der Waals surface area contributed by atoms with Crippen molar-refractivity contribution in [1.29, 1.82) is 0 Å². The van der Waals surface area contributed by atoms with Crippen LogP contribution < -0.4 is 4.72 Å². The van der Waals surface area contributed by atoms with Gasteiger partial charge in [-0.3, -0.25) is 4.98 Å². The van der Waals surface area contributed by atoms with Crippen LogP contribution in [0.2, 0.25) is 0 Å². The highest BCUT2D eigenvalue weighted by atomic mass is 32.2. The highest BCUT2D eigenvalue weighted by Crippen LogP contribution is 2.00. The van der Waals surface area contributed by atoms with Crippen molar-refractivity contribution in [1.82, 2.24) is 14.0 Å². The van der Waals surface area contributed by atoms with E-state index in [2.05, 4.69) is 9.71 Å². The molecule has 1 aromatic heterocycles. The molecule has 0 aliphatic carbocycles. The summed E-state index contributed by atoms with van der Waals surface area (Å²) in [5.41, 5.74) is 1.02. The maximum atomic E-state index is 11.8. The van der Waals surface area contributed by atoms with Gasteiger partial charge < -0.3 is 0 Å². The summed E-state index contributed by atoms with van der Waals surface area (Å²) < 4.78 is 27.6. The van der Waals surface area contributed by atoms with Crippen LogP contribution in [0.15, 0.2) is 24.5 Å². The normalized spacial score (nSPS) is 11.9. The second-order valence-corrected chi connectivity index (χ2v) is 6.05. The molecule has 0 fully saturated rings. The second-order valence-electron chi connectivity index (χ2n) is 4.19. The predicted octanol–water partition coefficient (Wildman–Crippen LogP) is 1.19. The Balaban J connectivity index is 2.38. The Hall–Kier alpha value is -0.980. The van der Waals surface area contributed by atoms with Gasteiger partial charge in [0.25, 0.3) is 10.2 Å². The summed E-state index contributed by atoms with van der Waals surface area (Å²) in [5.74, 6) is 0. The lowest BCUT2D eigenvalue weighted by molar-refractivity contribution is 0.449. The first-order valence-electron chi connectivity index (χ1n) is 6.16. The van der Waals surface area contributed by atoms with Crippen molar-refractivity contribution in [3.05, 3.63) is 30.1 Å². The van der Waals surface area contributed by atoms with Crippen LogP contribution in [0.5, 0.6) is 0 Å². The first-order valence-corrected chi connectivity index (χ1v) is 7.60. The number of rotatable bonds is 8. The van der Waals surface area contributed by atoms with Gasteiger partial charge in [0.1, 0.15) is 0 Å². The van der Waals surface area contributed by atoms with Gasteiger partial charge in [0, 0.05) is 32.5 Å². The topological polar surface area (TPSA) is 62.3 Å². The van der Waals surface area contributed by atoms with Gasteiger partial charge in [0.2, 0.25) is 0 Å². The molecule has 0 unspecified atom stereocenters. The van der Waals surface area contributed by atoms with Crippen LogP contribution in [0, 0.1) is 0 Å². The lowest BCUT2D eigenvalue weighted by atomic mass is 10.2. The maximum absolute atomic E-state index is 11.8. The lowest BCUT2D eigenvalue weighted by Gasteiger charge is -2.17. The summed E-state index contributed by atoms with van der Waals surface area (Å²) in [4.78, 5) is 3.99. The fourth-order valence-electron chi connectivity index (χ4n) is 1.48. The maximum Gasteiger partial charge on any atom is 0.279 e. The second kappa shape index (κ2) is 7.45. The molecule has 18 heavy (non-hydrogen) atoms. The Morgan fingerprint density at radius 1 is 1.44 bits per heavy atom. The lowest BCUT2D eigenvalue weighted by Crippen LogP contribution is -2.39. The van der Waals surface area contributed by atoms with E-state index in [9.17, 15) is 8.42 Å². The first kappa shape index (κ1) is 15.1. The zero-order valence-corrected chi connectivity index (χ0v) is 11.8. The Morgan fingerprint density at radius 2 is 2.22 bits per heavy atom. The van der Waals surface area contributed by atoms with Gasteiger partial charge in [0.15, 0.2) is 0 Å². The third kappa shape index (κ3) is 5.12. The smallest absolute Gasteiger partial charge is 0.264 e. The van der Waals surface area contributed by atoms with Crippen LogP contribution >= 0.6 is 0 Å². The number of nitrogens with zero attached hydrogens (tertiary/aromatic N) is 2. The van der Waals surface area contributed by atoms with Crippen LogP contribution in [0.25, 0.3) is 0 Å². The summed E-state index contributed by atoms with van der Waals surface area (Å²) in [6.07, 6.45) is 5.95. The molecule has 0 aliphatic heterocycles. The zero-order chi connectivity index (χ0) is 13.4. The molecule has 0 saturated carbocycles. The van der Waals surface area contributed by atoms with E-state index in [1.54, 1.807) is 19.4 Å². The third-order valence-corrected chi connectivity index (χ3v) is 4.23. The number of nitrogens with one attached hydrogen (secondary N) is 1. The molecule has 0 atom stereocenters. The number of hydrogen-bond acceptors (Lipinski definition) is 3. The number of pyridine rings is 1. The standard InChI is InChI=1S/C12H21N3O2S/c1-3-4-10-15(2)18(16,17)14-9-7-12-6-5-8-13-11-12/h5-6,8,11,14H,3-4,7,9-10H2,1-2H3. The van der Waals surface area contributed by atoms with Gasteiger partial charge in [-0.05, 0) is 24.5 Å². The van der Waals surface area contributed by atoms with Gasteiger partial charge >= 0.3 is 0 Å². The fourth-order valence-corrected chi connectivity index (χ4v) is 2.43. The van der Waals surface area contributed by atoms with Crippen LogP contribution in [0.1, 0.15) is 25.3 Å². The Morgan fingerprint density at radius 3 is 2.83 bits per heavy atom. The van der Waals surface area contributed by atoms with Crippen LogP contribution in [0.4, 0.5) is 0 Å². The van der Waals surface area contributed by atoms with E-state index in [1.165, 1.54) is 4.31 Å². The molecule has 1 aromatic rings. The Kier molecular flexibility index (Phi) is 6.24.